The van der Waals surface area contributed by atoms with Gasteiger partial charge >= 0.3 is 13.8 Å². The number of ether oxygens (including phenoxy) is 1. The first-order chi connectivity index (χ1) is 27.3. The number of allylic oxidation sites excluding steroid dienone is 10. The number of phosphoric acid groups is 1. The Morgan fingerprint density at radius 1 is 0.571 bits per heavy atom. The van der Waals surface area contributed by atoms with Gasteiger partial charge in [-0.15, -0.1) is 0 Å². The molecule has 0 aromatic heterocycles. The lowest BCUT2D eigenvalue weighted by atomic mass is 10.0. The molecule has 9 nitrogen and oxygen atoms in total. The quantitative estimate of drug-likeness (QED) is 0.0241. The second-order valence-electron chi connectivity index (χ2n) is 14.6. The molecular weight excluding hydrogens is 725 g/mol. The summed E-state index contributed by atoms with van der Waals surface area (Å²) >= 11 is 0. The fourth-order valence-electron chi connectivity index (χ4n) is 5.88. The number of aliphatic hydroxyl groups excluding tert-OH is 1. The molecule has 0 heterocycles. The van der Waals surface area contributed by atoms with Gasteiger partial charge in [-0.25, -0.2) is 4.57 Å². The Hall–Kier alpha value is -2.29. The van der Waals surface area contributed by atoms with Crippen LogP contribution in [0.25, 0.3) is 0 Å². The van der Waals surface area contributed by atoms with E-state index in [0.717, 1.165) is 83.5 Å². The number of phosphoric ester groups is 1. The Labute approximate surface area is 342 Å². The molecule has 3 N–H and O–H groups in total. The number of rotatable bonds is 41. The second-order valence-corrected chi connectivity index (χ2v) is 16.1. The number of unbranched alkanes of at least 4 members (excludes halogenated alkanes) is 18. The van der Waals surface area contributed by atoms with E-state index in [0.29, 0.717) is 12.8 Å². The number of hydrogen-bond acceptors (Lipinski definition) is 7. The van der Waals surface area contributed by atoms with Crippen LogP contribution in [0, 0.1) is 0 Å². The maximum atomic E-state index is 12.1. The van der Waals surface area contributed by atoms with E-state index in [1.165, 1.54) is 70.6 Å². The van der Waals surface area contributed by atoms with E-state index in [4.69, 9.17) is 13.8 Å². The van der Waals surface area contributed by atoms with E-state index < -0.39 is 26.5 Å². The lowest BCUT2D eigenvalue weighted by Crippen LogP contribution is -2.27. The molecule has 0 aliphatic rings. The van der Waals surface area contributed by atoms with Crippen LogP contribution in [0.2, 0.25) is 0 Å². The predicted octanol–water partition coefficient (Wildman–Crippen LogP) is 12.5. The van der Waals surface area contributed by atoms with Gasteiger partial charge in [0.05, 0.1) is 13.2 Å². The molecule has 0 spiro atoms. The van der Waals surface area contributed by atoms with Gasteiger partial charge in [0.1, 0.15) is 12.7 Å². The van der Waals surface area contributed by atoms with Gasteiger partial charge in [-0.1, -0.05) is 177 Å². The van der Waals surface area contributed by atoms with Crippen LogP contribution in [0.15, 0.2) is 60.8 Å². The van der Waals surface area contributed by atoms with E-state index >= 15 is 0 Å². The molecule has 0 aliphatic carbocycles. The Morgan fingerprint density at radius 2 is 1.02 bits per heavy atom. The first kappa shape index (κ1) is 53.7. The van der Waals surface area contributed by atoms with Crippen molar-refractivity contribution in [2.45, 2.75) is 193 Å². The van der Waals surface area contributed by atoms with Crippen LogP contribution < -0.4 is 5.32 Å². The largest absolute Gasteiger partial charge is 0.472 e. The van der Waals surface area contributed by atoms with Crippen molar-refractivity contribution in [3.8, 4) is 0 Å². The third-order valence-electron chi connectivity index (χ3n) is 9.21. The Kier molecular flexibility index (Phi) is 40.6. The zero-order valence-corrected chi connectivity index (χ0v) is 36.5. The number of carbonyl (C=O) groups is 2. The third-order valence-corrected chi connectivity index (χ3v) is 10.2. The molecule has 56 heavy (non-hydrogen) atoms. The molecule has 0 rings (SSSR count). The van der Waals surface area contributed by atoms with Gasteiger partial charge in [-0.3, -0.25) is 18.6 Å². The van der Waals surface area contributed by atoms with E-state index in [2.05, 4.69) is 79.9 Å². The Morgan fingerprint density at radius 3 is 1.54 bits per heavy atom. The van der Waals surface area contributed by atoms with Crippen molar-refractivity contribution in [1.82, 2.24) is 5.32 Å². The molecular formula is C46H82NO8P. The number of carbonyl (C=O) groups excluding carboxylic acids is 2. The summed E-state index contributed by atoms with van der Waals surface area (Å²) in [4.78, 5) is 33.9. The normalized spacial score (nSPS) is 13.9. The summed E-state index contributed by atoms with van der Waals surface area (Å²) in [5.41, 5.74) is 0. The van der Waals surface area contributed by atoms with Gasteiger partial charge in [0, 0.05) is 19.4 Å². The molecule has 0 saturated carbocycles. The van der Waals surface area contributed by atoms with Gasteiger partial charge in [-0.2, -0.15) is 0 Å². The van der Waals surface area contributed by atoms with Crippen LogP contribution in [-0.4, -0.2) is 54.3 Å². The van der Waals surface area contributed by atoms with Crippen LogP contribution in [0.4, 0.5) is 0 Å². The number of aliphatic hydroxyl groups is 1. The highest BCUT2D eigenvalue weighted by Crippen LogP contribution is 2.42. The highest BCUT2D eigenvalue weighted by Gasteiger charge is 2.23. The van der Waals surface area contributed by atoms with Crippen LogP contribution in [0.5, 0.6) is 0 Å². The number of hydrogen-bond donors (Lipinski definition) is 3. The number of amides is 1. The van der Waals surface area contributed by atoms with Crippen molar-refractivity contribution in [3.05, 3.63) is 60.8 Å². The first-order valence-electron chi connectivity index (χ1n) is 22.3. The summed E-state index contributed by atoms with van der Waals surface area (Å²) in [6, 6.07) is 0. The highest BCUT2D eigenvalue weighted by molar-refractivity contribution is 7.47. The van der Waals surface area contributed by atoms with Gasteiger partial charge in [0.25, 0.3) is 0 Å². The average Bonchev–Trinajstić information content (AvgIpc) is 3.18. The monoisotopic (exact) mass is 808 g/mol. The molecule has 0 saturated heterocycles. The van der Waals surface area contributed by atoms with Crippen molar-refractivity contribution in [3.63, 3.8) is 0 Å². The molecule has 10 heteroatoms. The summed E-state index contributed by atoms with van der Waals surface area (Å²) in [6.07, 6.45) is 50.0. The summed E-state index contributed by atoms with van der Waals surface area (Å²) < 4.78 is 26.9. The molecule has 0 aromatic carbocycles. The fourth-order valence-corrected chi connectivity index (χ4v) is 6.63. The van der Waals surface area contributed by atoms with Crippen LogP contribution in [0.1, 0.15) is 187 Å². The molecule has 0 aliphatic heterocycles. The minimum Gasteiger partial charge on any atom is -0.463 e. The molecule has 1 amide bonds. The first-order valence-corrected chi connectivity index (χ1v) is 23.8. The van der Waals surface area contributed by atoms with Crippen molar-refractivity contribution in [2.24, 2.45) is 0 Å². The van der Waals surface area contributed by atoms with Crippen LogP contribution >= 0.6 is 7.82 Å². The van der Waals surface area contributed by atoms with E-state index in [-0.39, 0.29) is 32.1 Å². The van der Waals surface area contributed by atoms with Crippen molar-refractivity contribution in [1.29, 1.82) is 0 Å². The lowest BCUT2D eigenvalue weighted by Gasteiger charge is -2.15. The predicted molar refractivity (Wildman–Crippen MR) is 233 cm³/mol. The minimum absolute atomic E-state index is 0.0792. The lowest BCUT2D eigenvalue weighted by molar-refractivity contribution is -0.147. The molecule has 0 radical (unpaired) electrons. The van der Waals surface area contributed by atoms with Gasteiger partial charge in [0.2, 0.25) is 5.91 Å². The highest BCUT2D eigenvalue weighted by atomic mass is 31.2. The SMILES string of the molecule is CC/C=C\C/C=C\C/C=C\C/C=C\C/C=C\CCCCCCCC(=O)OCC(O)COP(=O)(O)OCCNC(=O)CCCCCCCCCCCCCCCC. The molecule has 324 valence electrons. The standard InChI is InChI=1S/C46H82NO8P/c1-3-5-7-9-11-13-15-17-19-20-21-22-23-24-25-27-29-31-33-35-37-39-46(50)53-42-44(48)43-55-56(51,52)54-41-40-47-45(49)38-36-34-32-30-28-26-18-16-14-12-10-8-6-4-2/h5,7,11,13,17,19,21-22,24-25,44,48H,3-4,6,8-10,12,14-16,18,20,23,26-43H2,1-2H3,(H,47,49)(H,51,52)/b7-5-,13-11-,19-17-,22-21-,25-24-. The topological polar surface area (TPSA) is 131 Å². The summed E-state index contributed by atoms with van der Waals surface area (Å²) in [5.74, 6) is -0.535. The number of esters is 1. The van der Waals surface area contributed by atoms with E-state index in [1.807, 2.05) is 0 Å². The fraction of sp³-hybridized carbons (Fsp3) is 0.739. The Bertz CT molecular complexity index is 1100. The smallest absolute Gasteiger partial charge is 0.463 e. The molecule has 0 aromatic rings. The van der Waals surface area contributed by atoms with Gasteiger partial charge < -0.3 is 20.1 Å². The molecule has 2 atom stereocenters. The summed E-state index contributed by atoms with van der Waals surface area (Å²) in [7, 11) is -4.42. The number of nitrogens with one attached hydrogen (secondary N) is 1. The van der Waals surface area contributed by atoms with Gasteiger partial charge in [0.15, 0.2) is 0 Å². The maximum absolute atomic E-state index is 12.1. The Balaban J connectivity index is 3.64. The second kappa shape index (κ2) is 42.3. The zero-order valence-electron chi connectivity index (χ0n) is 35.6. The van der Waals surface area contributed by atoms with Crippen molar-refractivity contribution >= 4 is 19.7 Å². The summed E-state index contributed by atoms with van der Waals surface area (Å²) in [5, 5.41) is 12.7. The molecule has 0 fully saturated rings. The third kappa shape index (κ3) is 42.8. The average molecular weight is 808 g/mol. The zero-order chi connectivity index (χ0) is 41.1. The van der Waals surface area contributed by atoms with Crippen molar-refractivity contribution in [2.75, 3.05) is 26.4 Å². The minimum atomic E-state index is -4.42. The maximum Gasteiger partial charge on any atom is 0.472 e. The van der Waals surface area contributed by atoms with Gasteiger partial charge in [-0.05, 0) is 57.8 Å². The van der Waals surface area contributed by atoms with Crippen molar-refractivity contribution < 1.29 is 37.9 Å². The molecule has 0 bridgehead atoms. The van der Waals surface area contributed by atoms with Crippen LogP contribution in [0.3, 0.4) is 0 Å². The van der Waals surface area contributed by atoms with Crippen LogP contribution in [-0.2, 0) is 27.9 Å². The van der Waals surface area contributed by atoms with E-state index in [9.17, 15) is 24.2 Å². The van der Waals surface area contributed by atoms with E-state index in [1.54, 1.807) is 0 Å². The summed E-state index contributed by atoms with van der Waals surface area (Å²) in [6.45, 7) is 3.42. The molecule has 2 unspecified atom stereocenters.